The molecule has 1 fully saturated rings. The molecule has 100 valence electrons. The van der Waals surface area contributed by atoms with Crippen LogP contribution in [0.2, 0.25) is 0 Å². The van der Waals surface area contributed by atoms with E-state index >= 15 is 0 Å². The summed E-state index contributed by atoms with van der Waals surface area (Å²) in [5.41, 5.74) is 5.69. The van der Waals surface area contributed by atoms with E-state index in [1.165, 1.54) is 0 Å². The standard InChI is InChI=1S/C14H22N2O2/c1-12-9-16(7-8-18-12)11-14(17,10-15)13-5-3-2-4-6-13/h2-6,12,17H,7-11,15H2,1H3. The highest BCUT2D eigenvalue weighted by Gasteiger charge is 2.31. The second-order valence-corrected chi connectivity index (χ2v) is 5.02. The molecule has 1 aromatic rings. The summed E-state index contributed by atoms with van der Waals surface area (Å²) in [5.74, 6) is 0. The van der Waals surface area contributed by atoms with Gasteiger partial charge < -0.3 is 15.6 Å². The van der Waals surface area contributed by atoms with Crippen LogP contribution in [0.25, 0.3) is 0 Å². The Kier molecular flexibility index (Phi) is 4.35. The minimum absolute atomic E-state index is 0.219. The van der Waals surface area contributed by atoms with Crippen LogP contribution in [0.1, 0.15) is 12.5 Å². The molecule has 18 heavy (non-hydrogen) atoms. The Balaban J connectivity index is 2.08. The van der Waals surface area contributed by atoms with Gasteiger partial charge in [-0.25, -0.2) is 0 Å². The smallest absolute Gasteiger partial charge is 0.114 e. The van der Waals surface area contributed by atoms with Crippen molar-refractivity contribution >= 4 is 0 Å². The molecular formula is C14H22N2O2. The number of nitrogens with two attached hydrogens (primary N) is 1. The highest BCUT2D eigenvalue weighted by atomic mass is 16.5. The Morgan fingerprint density at radius 2 is 2.17 bits per heavy atom. The van der Waals surface area contributed by atoms with Crippen LogP contribution < -0.4 is 5.73 Å². The van der Waals surface area contributed by atoms with Crippen LogP contribution in [0.4, 0.5) is 0 Å². The molecule has 0 spiro atoms. The van der Waals surface area contributed by atoms with Crippen LogP contribution >= 0.6 is 0 Å². The zero-order valence-corrected chi connectivity index (χ0v) is 10.9. The van der Waals surface area contributed by atoms with E-state index < -0.39 is 5.60 Å². The van der Waals surface area contributed by atoms with Crippen molar-refractivity contribution in [1.29, 1.82) is 0 Å². The summed E-state index contributed by atoms with van der Waals surface area (Å²) in [6, 6.07) is 9.65. The molecular weight excluding hydrogens is 228 g/mol. The summed E-state index contributed by atoms with van der Waals surface area (Å²) in [5, 5.41) is 10.7. The number of hydrogen-bond donors (Lipinski definition) is 2. The van der Waals surface area contributed by atoms with Gasteiger partial charge in [0.25, 0.3) is 0 Å². The van der Waals surface area contributed by atoms with Crippen LogP contribution in [0.5, 0.6) is 0 Å². The fourth-order valence-electron chi connectivity index (χ4n) is 2.43. The van der Waals surface area contributed by atoms with Crippen LogP contribution in [0, 0.1) is 0 Å². The van der Waals surface area contributed by atoms with Gasteiger partial charge in [-0.3, -0.25) is 4.90 Å². The van der Waals surface area contributed by atoms with Crippen molar-refractivity contribution in [3.8, 4) is 0 Å². The molecule has 2 unspecified atom stereocenters. The Labute approximate surface area is 108 Å². The summed E-state index contributed by atoms with van der Waals surface area (Å²) in [6.45, 7) is 5.24. The van der Waals surface area contributed by atoms with E-state index in [4.69, 9.17) is 10.5 Å². The van der Waals surface area contributed by atoms with Crippen LogP contribution in [0.3, 0.4) is 0 Å². The van der Waals surface area contributed by atoms with Gasteiger partial charge in [-0.05, 0) is 12.5 Å². The highest BCUT2D eigenvalue weighted by Crippen LogP contribution is 2.22. The molecule has 0 amide bonds. The van der Waals surface area contributed by atoms with Crippen LogP contribution in [0.15, 0.2) is 30.3 Å². The Bertz CT molecular complexity index is 371. The number of nitrogens with zero attached hydrogens (tertiary/aromatic N) is 1. The Morgan fingerprint density at radius 1 is 1.44 bits per heavy atom. The summed E-state index contributed by atoms with van der Waals surface area (Å²) in [7, 11) is 0. The molecule has 0 saturated carbocycles. The zero-order chi connectivity index (χ0) is 13.0. The number of morpholine rings is 1. The molecule has 1 saturated heterocycles. The van der Waals surface area contributed by atoms with E-state index in [0.29, 0.717) is 6.54 Å². The Morgan fingerprint density at radius 3 is 2.78 bits per heavy atom. The van der Waals surface area contributed by atoms with E-state index in [9.17, 15) is 5.11 Å². The molecule has 0 aliphatic carbocycles. The van der Waals surface area contributed by atoms with E-state index in [-0.39, 0.29) is 12.6 Å². The van der Waals surface area contributed by atoms with E-state index in [1.807, 2.05) is 30.3 Å². The molecule has 0 bridgehead atoms. The third kappa shape index (κ3) is 3.09. The fraction of sp³-hybridized carbons (Fsp3) is 0.571. The van der Waals surface area contributed by atoms with Crippen LogP contribution in [-0.4, -0.2) is 48.9 Å². The fourth-order valence-corrected chi connectivity index (χ4v) is 2.43. The van der Waals surface area contributed by atoms with Crippen LogP contribution in [-0.2, 0) is 10.3 Å². The SMILES string of the molecule is CC1CN(CC(O)(CN)c2ccccc2)CCO1. The summed E-state index contributed by atoms with van der Waals surface area (Å²) in [4.78, 5) is 2.22. The normalized spacial score (nSPS) is 24.7. The number of benzene rings is 1. The average Bonchev–Trinajstić information content (AvgIpc) is 2.39. The van der Waals surface area contributed by atoms with Crippen molar-refractivity contribution < 1.29 is 9.84 Å². The molecule has 4 nitrogen and oxygen atoms in total. The lowest BCUT2D eigenvalue weighted by Gasteiger charge is -2.37. The third-order valence-corrected chi connectivity index (χ3v) is 3.46. The maximum atomic E-state index is 10.7. The molecule has 1 heterocycles. The molecule has 3 N–H and O–H groups in total. The molecule has 0 radical (unpaired) electrons. The monoisotopic (exact) mass is 250 g/mol. The first kappa shape index (κ1) is 13.5. The van der Waals surface area contributed by atoms with Gasteiger partial charge in [0.2, 0.25) is 0 Å². The minimum Gasteiger partial charge on any atom is -0.382 e. The molecule has 1 aliphatic heterocycles. The second kappa shape index (κ2) is 5.80. The third-order valence-electron chi connectivity index (χ3n) is 3.46. The lowest BCUT2D eigenvalue weighted by molar-refractivity contribution is -0.0579. The predicted molar refractivity (Wildman–Crippen MR) is 71.2 cm³/mol. The molecule has 4 heteroatoms. The van der Waals surface area contributed by atoms with Gasteiger partial charge in [0.05, 0.1) is 12.7 Å². The number of hydrogen-bond acceptors (Lipinski definition) is 4. The summed E-state index contributed by atoms with van der Waals surface area (Å²) in [6.07, 6.45) is 0.219. The topological polar surface area (TPSA) is 58.7 Å². The summed E-state index contributed by atoms with van der Waals surface area (Å²) < 4.78 is 5.51. The van der Waals surface area contributed by atoms with E-state index in [0.717, 1.165) is 25.3 Å². The second-order valence-electron chi connectivity index (χ2n) is 5.02. The van der Waals surface area contributed by atoms with Crippen molar-refractivity contribution in [3.63, 3.8) is 0 Å². The van der Waals surface area contributed by atoms with E-state index in [2.05, 4.69) is 11.8 Å². The summed E-state index contributed by atoms with van der Waals surface area (Å²) >= 11 is 0. The van der Waals surface area contributed by atoms with Crippen molar-refractivity contribution in [1.82, 2.24) is 4.90 Å². The molecule has 2 atom stereocenters. The van der Waals surface area contributed by atoms with Gasteiger partial charge in [-0.1, -0.05) is 30.3 Å². The largest absolute Gasteiger partial charge is 0.382 e. The van der Waals surface area contributed by atoms with Gasteiger partial charge in [0.15, 0.2) is 0 Å². The van der Waals surface area contributed by atoms with Crippen molar-refractivity contribution in [2.24, 2.45) is 5.73 Å². The molecule has 2 rings (SSSR count). The zero-order valence-electron chi connectivity index (χ0n) is 10.9. The first-order chi connectivity index (χ1) is 8.64. The quantitative estimate of drug-likeness (QED) is 0.819. The van der Waals surface area contributed by atoms with Gasteiger partial charge in [-0.2, -0.15) is 0 Å². The van der Waals surface area contributed by atoms with Gasteiger partial charge in [-0.15, -0.1) is 0 Å². The maximum absolute atomic E-state index is 10.7. The van der Waals surface area contributed by atoms with E-state index in [1.54, 1.807) is 0 Å². The maximum Gasteiger partial charge on any atom is 0.114 e. The molecule has 0 aromatic heterocycles. The van der Waals surface area contributed by atoms with Crippen molar-refractivity contribution in [3.05, 3.63) is 35.9 Å². The number of β-amino-alcohol motifs (C(OH)–C–C–N with tert-alkyl or cyclic N) is 1. The first-order valence-electron chi connectivity index (χ1n) is 6.46. The molecule has 1 aliphatic rings. The number of aliphatic hydroxyl groups is 1. The average molecular weight is 250 g/mol. The van der Waals surface area contributed by atoms with Gasteiger partial charge in [0, 0.05) is 26.2 Å². The number of rotatable bonds is 4. The lowest BCUT2D eigenvalue weighted by Crippen LogP contribution is -2.51. The highest BCUT2D eigenvalue weighted by molar-refractivity contribution is 5.23. The number of ether oxygens (including phenoxy) is 1. The molecule has 1 aromatic carbocycles. The minimum atomic E-state index is -0.974. The Hall–Kier alpha value is -0.940. The van der Waals surface area contributed by atoms with Gasteiger partial charge in [0.1, 0.15) is 5.60 Å². The van der Waals surface area contributed by atoms with Crippen molar-refractivity contribution in [2.75, 3.05) is 32.8 Å². The van der Waals surface area contributed by atoms with Gasteiger partial charge >= 0.3 is 0 Å². The van der Waals surface area contributed by atoms with Crippen molar-refractivity contribution in [2.45, 2.75) is 18.6 Å². The lowest BCUT2D eigenvalue weighted by atomic mass is 9.93. The first-order valence-corrected chi connectivity index (χ1v) is 6.46. The predicted octanol–water partition coefficient (Wildman–Crippen LogP) is 0.554.